The van der Waals surface area contributed by atoms with Crippen LogP contribution in [0.4, 0.5) is 24.7 Å². The molecule has 10 heteroatoms. The zero-order valence-corrected chi connectivity index (χ0v) is 17.7. The lowest BCUT2D eigenvalue weighted by molar-refractivity contribution is -0.137. The first-order chi connectivity index (χ1) is 15.1. The maximum absolute atomic E-state index is 13.1. The van der Waals surface area contributed by atoms with Crippen molar-refractivity contribution in [3.63, 3.8) is 0 Å². The molecule has 4 rings (SSSR count). The molecule has 3 aromatic rings. The molecule has 1 aliphatic heterocycles. The number of nitrogens with zero attached hydrogens (tertiary/aromatic N) is 3. The number of rotatable bonds is 4. The fraction of sp³-hybridized carbons (Fsp3) is 0.318. The Morgan fingerprint density at radius 3 is 2.69 bits per heavy atom. The summed E-state index contributed by atoms with van der Waals surface area (Å²) < 4.78 is 40.9. The Morgan fingerprint density at radius 1 is 1.22 bits per heavy atom. The molecule has 32 heavy (non-hydrogen) atoms. The lowest BCUT2D eigenvalue weighted by Gasteiger charge is -2.17. The Hall–Kier alpha value is -3.40. The summed E-state index contributed by atoms with van der Waals surface area (Å²) >= 11 is 0. The van der Waals surface area contributed by atoms with E-state index in [0.717, 1.165) is 30.7 Å². The second kappa shape index (κ2) is 8.27. The third kappa shape index (κ3) is 4.31. The maximum Gasteiger partial charge on any atom is 0.416 e. The van der Waals surface area contributed by atoms with Gasteiger partial charge in [-0.1, -0.05) is 6.08 Å². The third-order valence-corrected chi connectivity index (χ3v) is 5.39. The fourth-order valence-corrected chi connectivity index (χ4v) is 3.84. The number of hydrogen-bond acceptors (Lipinski definition) is 6. The number of nitrogens with two attached hydrogens (primary N) is 1. The summed E-state index contributed by atoms with van der Waals surface area (Å²) in [5, 5.41) is 6.94. The minimum absolute atomic E-state index is 0.0304. The molecule has 7 nitrogen and oxygen atoms in total. The van der Waals surface area contributed by atoms with E-state index in [1.54, 1.807) is 20.0 Å². The summed E-state index contributed by atoms with van der Waals surface area (Å²) in [6.07, 6.45) is -1.78. The van der Waals surface area contributed by atoms with Crippen molar-refractivity contribution in [2.24, 2.45) is 7.05 Å². The van der Waals surface area contributed by atoms with E-state index in [2.05, 4.69) is 20.6 Å². The van der Waals surface area contributed by atoms with Crippen LogP contribution in [0.3, 0.4) is 0 Å². The van der Waals surface area contributed by atoms with Gasteiger partial charge in [0.25, 0.3) is 5.56 Å². The number of benzene rings is 1. The number of aromatic nitrogens is 3. The predicted octanol–water partition coefficient (Wildman–Crippen LogP) is 3.23. The van der Waals surface area contributed by atoms with Gasteiger partial charge in [-0.15, -0.1) is 0 Å². The van der Waals surface area contributed by atoms with Crippen LogP contribution in [0, 0.1) is 6.92 Å². The summed E-state index contributed by atoms with van der Waals surface area (Å²) in [7, 11) is 1.65. The molecule has 0 spiro atoms. The van der Waals surface area contributed by atoms with Gasteiger partial charge in [0.2, 0.25) is 0 Å². The van der Waals surface area contributed by atoms with Gasteiger partial charge >= 0.3 is 6.18 Å². The number of nitrogen functional groups attached to an aromatic ring is 1. The summed E-state index contributed by atoms with van der Waals surface area (Å²) in [5.41, 5.74) is 7.09. The van der Waals surface area contributed by atoms with E-state index in [-0.39, 0.29) is 17.8 Å². The Morgan fingerprint density at radius 2 is 2.00 bits per heavy atom. The molecule has 168 valence electrons. The lowest BCUT2D eigenvalue weighted by atomic mass is 10.0. The number of pyridine rings is 1. The monoisotopic (exact) mass is 444 g/mol. The van der Waals surface area contributed by atoms with Gasteiger partial charge in [-0.25, -0.2) is 9.97 Å². The Bertz CT molecular complexity index is 1280. The van der Waals surface area contributed by atoms with Gasteiger partial charge in [0.15, 0.2) is 0 Å². The first-order valence-corrected chi connectivity index (χ1v) is 10.1. The zero-order chi connectivity index (χ0) is 23.0. The first-order valence-electron chi connectivity index (χ1n) is 10.1. The standard InChI is InChI=1S/C22H23F3N6O/c1-12-29-19(28-11-13-7-15(22(23,24)25)9-16(26)8-13)18-10-17(14-3-5-27-6-4-14)21(32)31(2)20(18)30-12/h3,7-10,27H,4-6,11,26H2,1-2H3,(H,28,29,30). The van der Waals surface area contributed by atoms with Crippen LogP contribution in [0.2, 0.25) is 0 Å². The molecular formula is C22H23F3N6O. The summed E-state index contributed by atoms with van der Waals surface area (Å²) in [4.78, 5) is 21.8. The number of fused-ring (bicyclic) bond motifs is 1. The molecule has 0 atom stereocenters. The fourth-order valence-electron chi connectivity index (χ4n) is 3.84. The van der Waals surface area contributed by atoms with Crippen molar-refractivity contribution in [2.45, 2.75) is 26.1 Å². The van der Waals surface area contributed by atoms with Crippen molar-refractivity contribution >= 4 is 28.1 Å². The van der Waals surface area contributed by atoms with Crippen molar-refractivity contribution in [2.75, 3.05) is 24.1 Å². The topological polar surface area (TPSA) is 97.9 Å². The Balaban J connectivity index is 1.76. The highest BCUT2D eigenvalue weighted by atomic mass is 19.4. The van der Waals surface area contributed by atoms with E-state index in [4.69, 9.17) is 5.73 Å². The second-order valence-corrected chi connectivity index (χ2v) is 7.78. The first kappa shape index (κ1) is 21.8. The molecular weight excluding hydrogens is 421 g/mol. The van der Waals surface area contributed by atoms with Gasteiger partial charge in [0.05, 0.1) is 10.9 Å². The highest BCUT2D eigenvalue weighted by molar-refractivity contribution is 5.89. The molecule has 1 aliphatic rings. The predicted molar refractivity (Wildman–Crippen MR) is 118 cm³/mol. The van der Waals surface area contributed by atoms with Crippen molar-refractivity contribution in [1.29, 1.82) is 0 Å². The molecule has 0 fully saturated rings. The highest BCUT2D eigenvalue weighted by Gasteiger charge is 2.31. The SMILES string of the molecule is Cc1nc(NCc2cc(N)cc(C(F)(F)F)c2)c2cc(C3=CCNCC3)c(=O)n(C)c2n1. The van der Waals surface area contributed by atoms with E-state index in [0.29, 0.717) is 40.3 Å². The van der Waals surface area contributed by atoms with E-state index in [1.165, 1.54) is 10.6 Å². The van der Waals surface area contributed by atoms with Crippen LogP contribution in [0.5, 0.6) is 0 Å². The second-order valence-electron chi connectivity index (χ2n) is 7.78. The number of alkyl halides is 3. The van der Waals surface area contributed by atoms with Crippen LogP contribution in [0.1, 0.15) is 28.9 Å². The maximum atomic E-state index is 13.1. The number of hydrogen-bond donors (Lipinski definition) is 3. The van der Waals surface area contributed by atoms with Gasteiger partial charge in [0.1, 0.15) is 17.3 Å². The molecule has 0 bridgehead atoms. The van der Waals surface area contributed by atoms with Crippen LogP contribution < -0.4 is 21.9 Å². The van der Waals surface area contributed by atoms with E-state index >= 15 is 0 Å². The molecule has 0 saturated heterocycles. The van der Waals surface area contributed by atoms with Gasteiger partial charge < -0.3 is 16.4 Å². The quantitative estimate of drug-likeness (QED) is 0.535. The molecule has 2 aromatic heterocycles. The normalized spacial score (nSPS) is 14.5. The minimum Gasteiger partial charge on any atom is -0.399 e. The van der Waals surface area contributed by atoms with Crippen LogP contribution in [-0.2, 0) is 19.8 Å². The molecule has 0 aliphatic carbocycles. The number of anilines is 2. The molecule has 0 radical (unpaired) electrons. The van der Waals surface area contributed by atoms with E-state index in [9.17, 15) is 18.0 Å². The lowest BCUT2D eigenvalue weighted by Crippen LogP contribution is -2.26. The van der Waals surface area contributed by atoms with Crippen LogP contribution in [0.25, 0.3) is 16.6 Å². The average Bonchev–Trinajstić information content (AvgIpc) is 2.74. The van der Waals surface area contributed by atoms with Gasteiger partial charge in [-0.2, -0.15) is 13.2 Å². The molecule has 3 heterocycles. The molecule has 1 aromatic carbocycles. The number of nitrogens with one attached hydrogen (secondary N) is 2. The molecule has 0 amide bonds. The van der Waals surface area contributed by atoms with Crippen molar-refractivity contribution in [1.82, 2.24) is 19.9 Å². The third-order valence-electron chi connectivity index (χ3n) is 5.39. The average molecular weight is 444 g/mol. The summed E-state index contributed by atoms with van der Waals surface area (Å²) in [6.45, 7) is 3.23. The Labute approximate surface area is 182 Å². The van der Waals surface area contributed by atoms with E-state index < -0.39 is 11.7 Å². The zero-order valence-electron chi connectivity index (χ0n) is 17.7. The Kier molecular flexibility index (Phi) is 5.64. The summed E-state index contributed by atoms with van der Waals surface area (Å²) in [6, 6.07) is 5.21. The molecule has 4 N–H and O–H groups in total. The number of aryl methyl sites for hydroxylation is 2. The van der Waals surface area contributed by atoms with Gasteiger partial charge in [-0.05, 0) is 55.3 Å². The van der Waals surface area contributed by atoms with E-state index in [1.807, 2.05) is 6.08 Å². The van der Waals surface area contributed by atoms with Crippen LogP contribution in [-0.4, -0.2) is 27.6 Å². The number of halogens is 3. The largest absolute Gasteiger partial charge is 0.416 e. The van der Waals surface area contributed by atoms with Gasteiger partial charge in [-0.3, -0.25) is 9.36 Å². The molecule has 0 unspecified atom stereocenters. The van der Waals surface area contributed by atoms with Crippen molar-refractivity contribution in [3.05, 3.63) is 63.2 Å². The van der Waals surface area contributed by atoms with Crippen LogP contribution >= 0.6 is 0 Å². The summed E-state index contributed by atoms with van der Waals surface area (Å²) in [5.74, 6) is 0.877. The van der Waals surface area contributed by atoms with Gasteiger partial charge in [0, 0.05) is 31.4 Å². The molecule has 0 saturated carbocycles. The van der Waals surface area contributed by atoms with Crippen molar-refractivity contribution in [3.8, 4) is 0 Å². The van der Waals surface area contributed by atoms with Crippen LogP contribution in [0.15, 0.2) is 35.1 Å². The highest BCUT2D eigenvalue weighted by Crippen LogP contribution is 2.32. The van der Waals surface area contributed by atoms with Crippen molar-refractivity contribution < 1.29 is 13.2 Å². The smallest absolute Gasteiger partial charge is 0.399 e. The minimum atomic E-state index is -4.49.